The monoisotopic (exact) mass is 510 g/mol. The summed E-state index contributed by atoms with van der Waals surface area (Å²) in [6, 6.07) is 4.33. The first-order chi connectivity index (χ1) is 13.7. The minimum Gasteiger partial charge on any atom is -0.493 e. The average Bonchev–Trinajstić information content (AvgIpc) is 3.27. The maximum atomic E-state index is 6.06. The molecule has 9 heteroatoms. The van der Waals surface area contributed by atoms with Gasteiger partial charge in [-0.15, -0.1) is 0 Å². The lowest BCUT2D eigenvalue weighted by molar-refractivity contribution is 0.356. The summed E-state index contributed by atoms with van der Waals surface area (Å²) in [6.07, 6.45) is 4.63. The van der Waals surface area contributed by atoms with E-state index in [1.54, 1.807) is 11.8 Å². The summed E-state index contributed by atoms with van der Waals surface area (Å²) < 4.78 is 9.12. The van der Waals surface area contributed by atoms with Crippen LogP contribution < -0.4 is 15.8 Å². The highest BCUT2D eigenvalue weighted by atomic mass is 127. The molecule has 148 valence electrons. The number of nitrogens with one attached hydrogen (secondary N) is 1. The summed E-state index contributed by atoms with van der Waals surface area (Å²) in [5.74, 6) is 1.40. The molecule has 0 saturated carbocycles. The van der Waals surface area contributed by atoms with E-state index < -0.39 is 0 Å². The maximum Gasteiger partial charge on any atom is 0.175 e. The number of ether oxygens (including phenoxy) is 1. The largest absolute Gasteiger partial charge is 0.493 e. The van der Waals surface area contributed by atoms with Gasteiger partial charge < -0.3 is 20.4 Å². The Labute approximate surface area is 182 Å². The second-order valence-corrected chi connectivity index (χ2v) is 8.80. The van der Waals surface area contributed by atoms with Crippen LogP contribution in [-0.2, 0) is 13.0 Å². The van der Waals surface area contributed by atoms with E-state index >= 15 is 0 Å². The number of hydrogen-bond donors (Lipinski definition) is 2. The van der Waals surface area contributed by atoms with Crippen molar-refractivity contribution in [2.24, 2.45) is 0 Å². The molecule has 0 atom stereocenters. The standard InChI is InChI=1S/C19H23IN6OS/c1-2-22-6-3-4-7-26-18-16(17(21)23-11-24-18)25-19(26)28-15-10-14-12(5-8-27-14)9-13(15)20/h9-11,22H,2-8H2,1H3,(H2,21,23,24). The van der Waals surface area contributed by atoms with Crippen molar-refractivity contribution in [2.75, 3.05) is 25.4 Å². The van der Waals surface area contributed by atoms with Crippen molar-refractivity contribution in [3.63, 3.8) is 0 Å². The predicted octanol–water partition coefficient (Wildman–Crippen LogP) is 3.49. The Kier molecular flexibility index (Phi) is 6.22. The number of imidazole rings is 1. The molecule has 1 aliphatic heterocycles. The zero-order valence-corrected chi connectivity index (χ0v) is 18.7. The number of benzene rings is 1. The van der Waals surface area contributed by atoms with Crippen molar-refractivity contribution in [3.05, 3.63) is 27.6 Å². The molecular weight excluding hydrogens is 487 g/mol. The Bertz CT molecular complexity index is 992. The van der Waals surface area contributed by atoms with Gasteiger partial charge in [0.1, 0.15) is 12.1 Å². The van der Waals surface area contributed by atoms with Gasteiger partial charge in [-0.25, -0.2) is 15.0 Å². The summed E-state index contributed by atoms with van der Waals surface area (Å²) in [5, 5.41) is 4.26. The molecule has 1 aromatic carbocycles. The molecule has 1 aliphatic rings. The van der Waals surface area contributed by atoms with E-state index in [0.717, 1.165) is 67.0 Å². The number of rotatable bonds is 8. The van der Waals surface area contributed by atoms with Gasteiger partial charge in [-0.3, -0.25) is 0 Å². The number of aromatic nitrogens is 4. The topological polar surface area (TPSA) is 90.9 Å². The van der Waals surface area contributed by atoms with Gasteiger partial charge in [-0.1, -0.05) is 18.7 Å². The number of anilines is 1. The second-order valence-electron chi connectivity index (χ2n) is 6.63. The minimum atomic E-state index is 0.422. The lowest BCUT2D eigenvalue weighted by Crippen LogP contribution is -2.14. The zero-order chi connectivity index (χ0) is 19.5. The Hall–Kier alpha value is -1.59. The molecular formula is C19H23IN6OS. The molecule has 0 unspecified atom stereocenters. The SMILES string of the molecule is CCNCCCCn1c(Sc2cc3c(cc2I)CCO3)nc2c(N)ncnc21. The molecule has 2 aromatic heterocycles. The molecule has 0 aliphatic carbocycles. The van der Waals surface area contributed by atoms with Crippen LogP contribution in [0.25, 0.3) is 11.2 Å². The van der Waals surface area contributed by atoms with E-state index in [2.05, 4.69) is 61.5 Å². The molecule has 4 rings (SSSR count). The third kappa shape index (κ3) is 4.06. The molecule has 7 nitrogen and oxygen atoms in total. The van der Waals surface area contributed by atoms with Crippen LogP contribution in [0.3, 0.4) is 0 Å². The van der Waals surface area contributed by atoms with Gasteiger partial charge in [0.05, 0.1) is 6.61 Å². The Morgan fingerprint density at radius 2 is 2.21 bits per heavy atom. The minimum absolute atomic E-state index is 0.422. The Morgan fingerprint density at radius 1 is 1.32 bits per heavy atom. The number of nitrogens with zero attached hydrogens (tertiary/aromatic N) is 4. The molecule has 0 spiro atoms. The summed E-state index contributed by atoms with van der Waals surface area (Å²) in [7, 11) is 0. The van der Waals surface area contributed by atoms with Gasteiger partial charge in [0.2, 0.25) is 0 Å². The molecule has 3 aromatic rings. The van der Waals surface area contributed by atoms with E-state index in [4.69, 9.17) is 15.5 Å². The number of hydrogen-bond acceptors (Lipinski definition) is 7. The smallest absolute Gasteiger partial charge is 0.175 e. The first-order valence-corrected chi connectivity index (χ1v) is 11.4. The van der Waals surface area contributed by atoms with E-state index in [1.165, 1.54) is 15.5 Å². The normalized spacial score (nSPS) is 13.1. The van der Waals surface area contributed by atoms with E-state index in [0.29, 0.717) is 11.3 Å². The van der Waals surface area contributed by atoms with Gasteiger partial charge in [0.25, 0.3) is 0 Å². The van der Waals surface area contributed by atoms with Crippen LogP contribution in [-0.4, -0.2) is 39.2 Å². The van der Waals surface area contributed by atoms with E-state index in [1.807, 2.05) is 0 Å². The lowest BCUT2D eigenvalue weighted by atomic mass is 10.2. The van der Waals surface area contributed by atoms with Crippen molar-refractivity contribution in [3.8, 4) is 5.75 Å². The molecule has 0 bridgehead atoms. The summed E-state index contributed by atoms with van der Waals surface area (Å²) in [5.41, 5.74) is 8.81. The van der Waals surface area contributed by atoms with Crippen molar-refractivity contribution < 1.29 is 4.74 Å². The van der Waals surface area contributed by atoms with Crippen LogP contribution in [0.4, 0.5) is 5.82 Å². The third-order valence-corrected chi connectivity index (χ3v) is 7.02. The van der Waals surface area contributed by atoms with Crippen molar-refractivity contribution in [2.45, 2.75) is 42.8 Å². The zero-order valence-electron chi connectivity index (χ0n) is 15.7. The highest BCUT2D eigenvalue weighted by Crippen LogP contribution is 2.38. The van der Waals surface area contributed by atoms with Crippen LogP contribution in [0, 0.1) is 3.57 Å². The molecule has 28 heavy (non-hydrogen) atoms. The van der Waals surface area contributed by atoms with E-state index in [-0.39, 0.29) is 0 Å². The van der Waals surface area contributed by atoms with Gasteiger partial charge in [0, 0.05) is 21.4 Å². The molecule has 0 radical (unpaired) electrons. The van der Waals surface area contributed by atoms with Crippen molar-refractivity contribution in [1.29, 1.82) is 0 Å². The number of unbranched alkanes of at least 4 members (excludes halogenated alkanes) is 1. The molecule has 0 saturated heterocycles. The van der Waals surface area contributed by atoms with Gasteiger partial charge in [-0.2, -0.15) is 0 Å². The van der Waals surface area contributed by atoms with Gasteiger partial charge >= 0.3 is 0 Å². The van der Waals surface area contributed by atoms with Crippen LogP contribution in [0.5, 0.6) is 5.75 Å². The predicted molar refractivity (Wildman–Crippen MR) is 120 cm³/mol. The Morgan fingerprint density at radius 3 is 3.07 bits per heavy atom. The van der Waals surface area contributed by atoms with Crippen LogP contribution in [0.1, 0.15) is 25.3 Å². The van der Waals surface area contributed by atoms with Crippen LogP contribution in [0.2, 0.25) is 0 Å². The van der Waals surface area contributed by atoms with Gasteiger partial charge in [0.15, 0.2) is 22.1 Å². The second kappa shape index (κ2) is 8.83. The fourth-order valence-corrected chi connectivity index (χ4v) is 5.07. The number of aryl methyl sites for hydroxylation is 1. The van der Waals surface area contributed by atoms with Gasteiger partial charge in [-0.05, 0) is 66.2 Å². The fourth-order valence-electron chi connectivity index (χ4n) is 3.26. The highest BCUT2D eigenvalue weighted by molar-refractivity contribution is 14.1. The molecule has 0 fully saturated rings. The quantitative estimate of drug-likeness (QED) is 0.354. The Balaban J connectivity index is 1.64. The number of nitrogen functional groups attached to an aromatic ring is 1. The summed E-state index contributed by atoms with van der Waals surface area (Å²) in [4.78, 5) is 14.5. The summed E-state index contributed by atoms with van der Waals surface area (Å²) in [6.45, 7) is 5.74. The lowest BCUT2D eigenvalue weighted by Gasteiger charge is -2.10. The number of fused-ring (bicyclic) bond motifs is 2. The number of halogens is 1. The molecule has 3 N–H and O–H groups in total. The first-order valence-electron chi connectivity index (χ1n) is 9.48. The number of nitrogens with two attached hydrogens (primary N) is 1. The first kappa shape index (κ1) is 19.7. The highest BCUT2D eigenvalue weighted by Gasteiger charge is 2.20. The van der Waals surface area contributed by atoms with Crippen LogP contribution >= 0.6 is 34.4 Å². The van der Waals surface area contributed by atoms with Crippen molar-refractivity contribution >= 4 is 51.3 Å². The van der Waals surface area contributed by atoms with Crippen molar-refractivity contribution in [1.82, 2.24) is 24.8 Å². The molecule has 0 amide bonds. The van der Waals surface area contributed by atoms with Crippen LogP contribution in [0.15, 0.2) is 28.5 Å². The van der Waals surface area contributed by atoms with E-state index in [9.17, 15) is 0 Å². The molecule has 3 heterocycles. The average molecular weight is 510 g/mol. The fraction of sp³-hybridized carbons (Fsp3) is 0.421. The maximum absolute atomic E-state index is 6.06. The summed E-state index contributed by atoms with van der Waals surface area (Å²) >= 11 is 4.02. The third-order valence-electron chi connectivity index (χ3n) is 4.71.